The van der Waals surface area contributed by atoms with Gasteiger partial charge in [0.1, 0.15) is 0 Å². The van der Waals surface area contributed by atoms with Crippen LogP contribution in [0.2, 0.25) is 0 Å². The van der Waals surface area contributed by atoms with Crippen LogP contribution in [0.4, 0.5) is 0 Å². The first-order chi connectivity index (χ1) is 23.0. The zero-order chi connectivity index (χ0) is 34.5. The van der Waals surface area contributed by atoms with E-state index in [9.17, 15) is 9.59 Å². The third-order valence-electron chi connectivity index (χ3n) is 8.61. The molecular formula is C41H68N2O4. The zero-order valence-corrected chi connectivity index (χ0v) is 30.9. The van der Waals surface area contributed by atoms with E-state index in [1.165, 1.54) is 80.1 Å². The molecule has 0 radical (unpaired) electrons. The molecule has 0 spiro atoms. The maximum Gasteiger partial charge on any atom is 0.308 e. The van der Waals surface area contributed by atoms with Crippen molar-refractivity contribution in [1.29, 1.82) is 0 Å². The van der Waals surface area contributed by atoms with Gasteiger partial charge in [0.05, 0.1) is 0 Å². The molecule has 1 N–H and O–H groups in total. The standard InChI is InChI=1S/C24H42O4.C15H20N2.C2H6/c1-3-5-7-8-9-10-11-12-13-14-15-16-17-18-19-20-23(26)28-24(27-22-25)21-6-4-2;1-3-11-4-5-15-13(8-11)14(9-16-15)12-6-7-17(2)10-12;1-2/h9-10,12-13,22,24H,3-8,11,14-21H2,1-2H3;4-5,8-9,12,16H,3,6-7,10H2,1-2H3;1-2H3/b10-9-,13-12-;;. The second kappa shape index (κ2) is 28.2. The molecule has 1 aromatic carbocycles. The first kappa shape index (κ1) is 42.2. The Hall–Kier alpha value is -2.86. The van der Waals surface area contributed by atoms with Crippen molar-refractivity contribution in [3.05, 3.63) is 59.8 Å². The third-order valence-corrected chi connectivity index (χ3v) is 8.61. The van der Waals surface area contributed by atoms with Gasteiger partial charge in [-0.1, -0.05) is 104 Å². The smallest absolute Gasteiger partial charge is 0.308 e. The molecule has 1 aliphatic rings. The normalized spacial score (nSPS) is 15.3. The second-order valence-electron chi connectivity index (χ2n) is 12.5. The Balaban J connectivity index is 0.000000488. The van der Waals surface area contributed by atoms with Crippen molar-refractivity contribution in [2.45, 2.75) is 156 Å². The van der Waals surface area contributed by atoms with E-state index in [1.807, 2.05) is 20.8 Å². The lowest BCUT2D eigenvalue weighted by atomic mass is 9.97. The number of H-pyrrole nitrogens is 1. The summed E-state index contributed by atoms with van der Waals surface area (Å²) < 4.78 is 10.0. The number of hydrogen-bond donors (Lipinski definition) is 1. The van der Waals surface area contributed by atoms with Crippen LogP contribution in [0.3, 0.4) is 0 Å². The number of unbranched alkanes of at least 4 members (excludes halogenated alkanes) is 9. The Kier molecular flexibility index (Phi) is 25.3. The predicted octanol–water partition coefficient (Wildman–Crippen LogP) is 11.2. The van der Waals surface area contributed by atoms with Gasteiger partial charge in [0.15, 0.2) is 0 Å². The summed E-state index contributed by atoms with van der Waals surface area (Å²) in [6.07, 6.45) is 28.5. The van der Waals surface area contributed by atoms with Crippen LogP contribution in [0, 0.1) is 0 Å². The molecule has 2 unspecified atom stereocenters. The number of hydrogen-bond acceptors (Lipinski definition) is 5. The lowest BCUT2D eigenvalue weighted by Crippen LogP contribution is -2.21. The number of likely N-dealkylation sites (tertiary alicyclic amines) is 1. The van der Waals surface area contributed by atoms with Crippen LogP contribution >= 0.6 is 0 Å². The summed E-state index contributed by atoms with van der Waals surface area (Å²) in [4.78, 5) is 28.1. The van der Waals surface area contributed by atoms with Crippen LogP contribution < -0.4 is 0 Å². The van der Waals surface area contributed by atoms with Crippen molar-refractivity contribution in [3.63, 3.8) is 0 Å². The number of allylic oxidation sites excluding steroid dienone is 4. The van der Waals surface area contributed by atoms with E-state index in [4.69, 9.17) is 9.47 Å². The Morgan fingerprint density at radius 2 is 1.62 bits per heavy atom. The average molecular weight is 653 g/mol. The molecule has 2 heterocycles. The second-order valence-corrected chi connectivity index (χ2v) is 12.5. The van der Waals surface area contributed by atoms with Crippen molar-refractivity contribution in [3.8, 4) is 0 Å². The highest BCUT2D eigenvalue weighted by molar-refractivity contribution is 5.84. The number of aromatic amines is 1. The fourth-order valence-electron chi connectivity index (χ4n) is 5.81. The van der Waals surface area contributed by atoms with E-state index in [-0.39, 0.29) is 5.97 Å². The molecule has 0 saturated carbocycles. The maximum atomic E-state index is 11.8. The van der Waals surface area contributed by atoms with E-state index >= 15 is 0 Å². The van der Waals surface area contributed by atoms with Crippen LogP contribution in [0.25, 0.3) is 10.9 Å². The molecule has 6 nitrogen and oxygen atoms in total. The van der Waals surface area contributed by atoms with E-state index in [2.05, 4.69) is 79.5 Å². The number of carbonyl (C=O) groups is 2. The number of benzene rings is 1. The van der Waals surface area contributed by atoms with Gasteiger partial charge >= 0.3 is 5.97 Å². The lowest BCUT2D eigenvalue weighted by molar-refractivity contribution is -0.181. The highest BCUT2D eigenvalue weighted by atomic mass is 16.7. The number of aromatic nitrogens is 1. The molecule has 1 aromatic heterocycles. The molecular weight excluding hydrogens is 584 g/mol. The minimum Gasteiger partial charge on any atom is -0.427 e. The lowest BCUT2D eigenvalue weighted by Gasteiger charge is -2.15. The Morgan fingerprint density at radius 3 is 2.26 bits per heavy atom. The minimum absolute atomic E-state index is 0.270. The summed E-state index contributed by atoms with van der Waals surface area (Å²) >= 11 is 0. The van der Waals surface area contributed by atoms with Crippen molar-refractivity contribution < 1.29 is 19.1 Å². The molecule has 47 heavy (non-hydrogen) atoms. The summed E-state index contributed by atoms with van der Waals surface area (Å²) in [6, 6.07) is 6.80. The topological polar surface area (TPSA) is 71.6 Å². The zero-order valence-electron chi connectivity index (χ0n) is 30.9. The Bertz CT molecular complexity index is 1120. The van der Waals surface area contributed by atoms with Crippen molar-refractivity contribution >= 4 is 23.3 Å². The van der Waals surface area contributed by atoms with E-state index in [0.29, 0.717) is 25.2 Å². The van der Waals surface area contributed by atoms with Gasteiger partial charge in [-0.25, -0.2) is 0 Å². The van der Waals surface area contributed by atoms with Crippen LogP contribution in [0.5, 0.6) is 0 Å². The summed E-state index contributed by atoms with van der Waals surface area (Å²) in [5.41, 5.74) is 4.23. The number of esters is 1. The third kappa shape index (κ3) is 18.9. The SMILES string of the molecule is CC.CCCCC/C=C\C/C=C\CCCCCCCC(=O)OC(CCCC)OC=O.CCc1ccc2[nH]cc(C3CCN(C)C3)c2c1. The number of fused-ring (bicyclic) bond motifs is 1. The fourth-order valence-corrected chi connectivity index (χ4v) is 5.81. The fraction of sp³-hybridized carbons (Fsp3) is 0.659. The quantitative estimate of drug-likeness (QED) is 0.0450. The molecule has 2 atom stereocenters. The van der Waals surface area contributed by atoms with Crippen LogP contribution in [-0.4, -0.2) is 48.8 Å². The van der Waals surface area contributed by atoms with Gasteiger partial charge in [-0.2, -0.15) is 0 Å². The Labute approximate surface area is 287 Å². The number of nitrogens with zero attached hydrogens (tertiary/aromatic N) is 1. The van der Waals surface area contributed by atoms with Crippen LogP contribution in [0.15, 0.2) is 48.7 Å². The number of nitrogens with one attached hydrogen (secondary N) is 1. The Morgan fingerprint density at radius 1 is 0.936 bits per heavy atom. The maximum absolute atomic E-state index is 11.8. The summed E-state index contributed by atoms with van der Waals surface area (Å²) in [5.74, 6) is 0.439. The molecule has 1 aliphatic heterocycles. The van der Waals surface area contributed by atoms with E-state index < -0.39 is 6.29 Å². The average Bonchev–Trinajstić information content (AvgIpc) is 3.72. The van der Waals surface area contributed by atoms with Crippen LogP contribution in [-0.2, 0) is 25.5 Å². The highest BCUT2D eigenvalue weighted by Gasteiger charge is 2.23. The molecule has 3 rings (SSSR count). The van der Waals surface area contributed by atoms with Gasteiger partial charge in [-0.3, -0.25) is 9.59 Å². The molecule has 2 aromatic rings. The molecule has 266 valence electrons. The summed E-state index contributed by atoms with van der Waals surface area (Å²) in [5, 5.41) is 1.43. The van der Waals surface area contributed by atoms with Gasteiger partial charge in [0.25, 0.3) is 6.47 Å². The summed E-state index contributed by atoms with van der Waals surface area (Å²) in [7, 11) is 2.21. The largest absolute Gasteiger partial charge is 0.427 e. The molecule has 1 fully saturated rings. The van der Waals surface area contributed by atoms with E-state index in [0.717, 1.165) is 51.4 Å². The highest BCUT2D eigenvalue weighted by Crippen LogP contribution is 2.32. The van der Waals surface area contributed by atoms with Gasteiger partial charge in [0.2, 0.25) is 6.29 Å². The van der Waals surface area contributed by atoms with Crippen molar-refractivity contribution in [2.24, 2.45) is 0 Å². The molecule has 1 saturated heterocycles. The number of carbonyl (C=O) groups excluding carboxylic acids is 2. The minimum atomic E-state index is -0.720. The number of ether oxygens (including phenoxy) is 2. The first-order valence-electron chi connectivity index (χ1n) is 18.9. The molecule has 0 amide bonds. The van der Waals surface area contributed by atoms with Gasteiger partial charge in [-0.15, -0.1) is 0 Å². The van der Waals surface area contributed by atoms with E-state index in [1.54, 1.807) is 0 Å². The molecule has 0 aliphatic carbocycles. The predicted molar refractivity (Wildman–Crippen MR) is 200 cm³/mol. The number of likely N-dealkylation sites (N-methyl/N-ethyl adjacent to an activating group) is 1. The monoisotopic (exact) mass is 653 g/mol. The summed E-state index contributed by atoms with van der Waals surface area (Å²) in [6.45, 7) is 13.3. The van der Waals surface area contributed by atoms with Gasteiger partial charge in [-0.05, 0) is 101 Å². The number of rotatable bonds is 22. The van der Waals surface area contributed by atoms with Crippen LogP contribution in [0.1, 0.15) is 154 Å². The molecule has 0 bridgehead atoms. The van der Waals surface area contributed by atoms with Crippen molar-refractivity contribution in [2.75, 3.05) is 20.1 Å². The van der Waals surface area contributed by atoms with Gasteiger partial charge < -0.3 is 19.4 Å². The van der Waals surface area contributed by atoms with Crippen molar-refractivity contribution in [1.82, 2.24) is 9.88 Å². The van der Waals surface area contributed by atoms with Gasteiger partial charge in [0, 0.05) is 36.5 Å². The first-order valence-corrected chi connectivity index (χ1v) is 18.9. The molecule has 6 heteroatoms. The number of aryl methyl sites for hydroxylation is 1.